The molecule has 31 heavy (non-hydrogen) atoms. The molecule has 3 nitrogen and oxygen atoms in total. The summed E-state index contributed by atoms with van der Waals surface area (Å²) in [4.78, 5) is 12.5. The van der Waals surface area contributed by atoms with Gasteiger partial charge < -0.3 is 9.30 Å². The van der Waals surface area contributed by atoms with Crippen LogP contribution in [0.15, 0.2) is 95.1 Å². The van der Waals surface area contributed by atoms with Crippen LogP contribution in [0.25, 0.3) is 22.7 Å². The van der Waals surface area contributed by atoms with Crippen LogP contribution >= 0.6 is 15.9 Å². The first-order valence-electron chi connectivity index (χ1n) is 9.81. The fraction of sp³-hybridized carbons (Fsp3) is 0.0385. The average molecular weight is 474 g/mol. The van der Waals surface area contributed by atoms with E-state index >= 15 is 0 Å². The number of nitrogens with zero attached hydrogens (tertiary/aromatic N) is 1. The smallest absolute Gasteiger partial charge is 0.343 e. The first kappa shape index (κ1) is 19.5. The molecular formula is C26H17BrFNO2. The summed E-state index contributed by atoms with van der Waals surface area (Å²) in [7, 11) is 0. The van der Waals surface area contributed by atoms with Crippen molar-refractivity contribution >= 4 is 44.6 Å². The largest absolute Gasteiger partial charge is 0.422 e. The number of carbonyl (C=O) groups excluding carboxylic acids is 1. The van der Waals surface area contributed by atoms with E-state index in [4.69, 9.17) is 4.74 Å². The molecule has 0 bridgehead atoms. The Morgan fingerprint density at radius 1 is 0.968 bits per heavy atom. The maximum atomic E-state index is 13.3. The molecule has 0 unspecified atom stereocenters. The summed E-state index contributed by atoms with van der Waals surface area (Å²) >= 11 is 3.41. The number of hydrogen-bond donors (Lipinski definition) is 0. The van der Waals surface area contributed by atoms with Crippen LogP contribution in [0.4, 0.5) is 4.39 Å². The second-order valence-corrected chi connectivity index (χ2v) is 8.28. The lowest BCUT2D eigenvalue weighted by Crippen LogP contribution is -1.98. The molecule has 0 aliphatic carbocycles. The molecular weight excluding hydrogens is 457 g/mol. The van der Waals surface area contributed by atoms with Crippen LogP contribution < -0.4 is 0 Å². The fourth-order valence-corrected chi connectivity index (χ4v) is 3.98. The zero-order chi connectivity index (χ0) is 21.4. The third-order valence-corrected chi connectivity index (χ3v) is 5.78. The van der Waals surface area contributed by atoms with E-state index < -0.39 is 0 Å². The zero-order valence-electron chi connectivity index (χ0n) is 16.4. The van der Waals surface area contributed by atoms with Crippen LogP contribution in [0.3, 0.4) is 0 Å². The van der Waals surface area contributed by atoms with Gasteiger partial charge >= 0.3 is 5.97 Å². The third-order valence-electron chi connectivity index (χ3n) is 5.25. The number of halogens is 2. The number of aromatic nitrogens is 1. The van der Waals surface area contributed by atoms with Gasteiger partial charge in [-0.25, -0.2) is 9.18 Å². The van der Waals surface area contributed by atoms with E-state index in [-0.39, 0.29) is 11.8 Å². The van der Waals surface area contributed by atoms with Gasteiger partial charge in [0.2, 0.25) is 0 Å². The minimum Gasteiger partial charge on any atom is -0.422 e. The maximum Gasteiger partial charge on any atom is 0.343 e. The number of rotatable bonds is 4. The Labute approximate surface area is 187 Å². The number of cyclic esters (lactones) is 1. The van der Waals surface area contributed by atoms with Crippen molar-refractivity contribution < 1.29 is 13.9 Å². The van der Waals surface area contributed by atoms with Gasteiger partial charge in [-0.15, -0.1) is 0 Å². The number of hydrogen-bond acceptors (Lipinski definition) is 2. The molecule has 5 heteroatoms. The van der Waals surface area contributed by atoms with Gasteiger partial charge in [0.15, 0.2) is 0 Å². The fourth-order valence-electron chi connectivity index (χ4n) is 3.72. The van der Waals surface area contributed by atoms with Crippen molar-refractivity contribution in [3.05, 3.63) is 118 Å². The highest BCUT2D eigenvalue weighted by Crippen LogP contribution is 2.30. The summed E-state index contributed by atoms with van der Waals surface area (Å²) in [5.74, 6) is -0.0771. The number of benzene rings is 3. The molecule has 0 spiro atoms. The molecule has 0 saturated carbocycles. The Bertz CT molecular complexity index is 1350. The van der Waals surface area contributed by atoms with E-state index in [1.54, 1.807) is 18.2 Å². The summed E-state index contributed by atoms with van der Waals surface area (Å²) in [6, 6.07) is 22.1. The van der Waals surface area contributed by atoms with Crippen molar-refractivity contribution in [1.29, 1.82) is 0 Å². The highest BCUT2D eigenvalue weighted by Gasteiger charge is 2.22. The van der Waals surface area contributed by atoms with E-state index in [1.807, 2.05) is 60.8 Å². The Hall–Kier alpha value is -3.44. The molecule has 3 aromatic carbocycles. The lowest BCUT2D eigenvalue weighted by atomic mass is 10.1. The second kappa shape index (κ2) is 8.00. The highest BCUT2D eigenvalue weighted by molar-refractivity contribution is 9.10. The molecule has 0 fully saturated rings. The molecule has 1 aliphatic rings. The molecule has 1 aromatic heterocycles. The summed E-state index contributed by atoms with van der Waals surface area (Å²) in [5.41, 5.74) is 4.32. The normalized spacial score (nSPS) is 14.8. The van der Waals surface area contributed by atoms with Crippen LogP contribution in [0.5, 0.6) is 0 Å². The summed E-state index contributed by atoms with van der Waals surface area (Å²) in [5, 5.41) is 1.04. The van der Waals surface area contributed by atoms with Gasteiger partial charge in [0.05, 0.1) is 5.57 Å². The SMILES string of the molecule is O=C1OC(c2ccc(Br)cc2)=C/C1=C/c1cn(Cc2ccc(F)cc2)c2ccccc12. The maximum absolute atomic E-state index is 13.3. The van der Waals surface area contributed by atoms with Crippen LogP contribution in [0, 0.1) is 5.82 Å². The van der Waals surface area contributed by atoms with Crippen LogP contribution in [0.1, 0.15) is 16.7 Å². The van der Waals surface area contributed by atoms with E-state index in [9.17, 15) is 9.18 Å². The Morgan fingerprint density at radius 3 is 2.48 bits per heavy atom. The molecule has 0 radical (unpaired) electrons. The molecule has 1 aliphatic heterocycles. The lowest BCUT2D eigenvalue weighted by molar-refractivity contribution is -0.130. The van der Waals surface area contributed by atoms with Crippen molar-refractivity contribution in [2.45, 2.75) is 6.54 Å². The van der Waals surface area contributed by atoms with Gasteiger partial charge in [-0.3, -0.25) is 0 Å². The predicted molar refractivity (Wildman–Crippen MR) is 124 cm³/mol. The standard InChI is InChI=1S/C26H17BrFNO2/c27-21-9-7-18(8-10-21)25-14-19(26(30)31-25)13-20-16-29(24-4-2-1-3-23(20)24)15-17-5-11-22(28)12-6-17/h1-14,16H,15H2/b19-13-. The van der Waals surface area contributed by atoms with Gasteiger partial charge in [0.1, 0.15) is 11.6 Å². The van der Waals surface area contributed by atoms with Gasteiger partial charge in [-0.1, -0.05) is 58.4 Å². The first-order valence-corrected chi connectivity index (χ1v) is 10.6. The molecule has 5 rings (SSSR count). The minimum absolute atomic E-state index is 0.250. The number of ether oxygens (including phenoxy) is 1. The van der Waals surface area contributed by atoms with E-state index in [0.29, 0.717) is 17.9 Å². The van der Waals surface area contributed by atoms with Crippen molar-refractivity contribution in [3.8, 4) is 0 Å². The van der Waals surface area contributed by atoms with E-state index in [1.165, 1.54) is 12.1 Å². The van der Waals surface area contributed by atoms with Crippen molar-refractivity contribution in [2.24, 2.45) is 0 Å². The Kier molecular flexibility index (Phi) is 5.04. The van der Waals surface area contributed by atoms with Crippen LogP contribution in [0.2, 0.25) is 0 Å². The number of esters is 1. The molecule has 0 N–H and O–H groups in total. The van der Waals surface area contributed by atoms with Crippen LogP contribution in [-0.2, 0) is 16.1 Å². The zero-order valence-corrected chi connectivity index (χ0v) is 18.0. The van der Waals surface area contributed by atoms with Crippen molar-refractivity contribution in [2.75, 3.05) is 0 Å². The minimum atomic E-state index is -0.367. The Morgan fingerprint density at radius 2 is 1.71 bits per heavy atom. The van der Waals surface area contributed by atoms with Crippen molar-refractivity contribution in [3.63, 3.8) is 0 Å². The average Bonchev–Trinajstić information content (AvgIpc) is 3.31. The van der Waals surface area contributed by atoms with Crippen molar-refractivity contribution in [1.82, 2.24) is 4.57 Å². The number of fused-ring (bicyclic) bond motifs is 1. The Balaban J connectivity index is 1.52. The first-order chi connectivity index (χ1) is 15.1. The number of carbonyl (C=O) groups is 1. The van der Waals surface area contributed by atoms with E-state index in [2.05, 4.69) is 20.5 Å². The summed E-state index contributed by atoms with van der Waals surface area (Å²) < 4.78 is 21.8. The molecule has 4 aromatic rings. The molecule has 0 atom stereocenters. The van der Waals surface area contributed by atoms with Crippen LogP contribution in [-0.4, -0.2) is 10.5 Å². The number of para-hydroxylation sites is 1. The third kappa shape index (κ3) is 3.97. The quantitative estimate of drug-likeness (QED) is 0.247. The topological polar surface area (TPSA) is 31.2 Å². The van der Waals surface area contributed by atoms with Gasteiger partial charge in [-0.05, 0) is 48.0 Å². The predicted octanol–water partition coefficient (Wildman–Crippen LogP) is 6.57. The van der Waals surface area contributed by atoms with Gasteiger partial charge in [0, 0.05) is 39.2 Å². The van der Waals surface area contributed by atoms with Gasteiger partial charge in [-0.2, -0.15) is 0 Å². The lowest BCUT2D eigenvalue weighted by Gasteiger charge is -2.05. The monoisotopic (exact) mass is 473 g/mol. The summed E-state index contributed by atoms with van der Waals surface area (Å²) in [6.07, 6.45) is 5.65. The molecule has 0 saturated heterocycles. The highest BCUT2D eigenvalue weighted by atomic mass is 79.9. The molecule has 152 valence electrons. The van der Waals surface area contributed by atoms with E-state index in [0.717, 1.165) is 32.1 Å². The second-order valence-electron chi connectivity index (χ2n) is 7.36. The molecule has 0 amide bonds. The van der Waals surface area contributed by atoms with Gasteiger partial charge in [0.25, 0.3) is 0 Å². The molecule has 2 heterocycles. The summed E-state index contributed by atoms with van der Waals surface area (Å²) in [6.45, 7) is 0.606.